The van der Waals surface area contributed by atoms with Gasteiger partial charge in [0, 0.05) is 18.9 Å². The summed E-state index contributed by atoms with van der Waals surface area (Å²) in [6.07, 6.45) is 4.66. The van der Waals surface area contributed by atoms with Crippen LogP contribution in [-0.2, 0) is 0 Å². The van der Waals surface area contributed by atoms with Gasteiger partial charge in [0.2, 0.25) is 5.96 Å². The van der Waals surface area contributed by atoms with Gasteiger partial charge in [0.1, 0.15) is 0 Å². The Kier molecular flexibility index (Phi) is 2.88. The minimum Gasteiger partial charge on any atom is -0.324 e. The average molecular weight is 208 g/mol. The number of hydrogen-bond donors (Lipinski definition) is 2. The van der Waals surface area contributed by atoms with Gasteiger partial charge in [-0.1, -0.05) is 6.92 Å². The molecule has 14 heavy (non-hydrogen) atoms. The van der Waals surface area contributed by atoms with Crippen molar-refractivity contribution in [1.29, 1.82) is 0 Å². The van der Waals surface area contributed by atoms with E-state index in [2.05, 4.69) is 26.9 Å². The van der Waals surface area contributed by atoms with Crippen molar-refractivity contribution in [2.45, 2.75) is 18.2 Å². The van der Waals surface area contributed by atoms with E-state index >= 15 is 0 Å². The Labute approximate surface area is 87.4 Å². The molecule has 0 radical (unpaired) electrons. The molecule has 0 amide bonds. The van der Waals surface area contributed by atoms with Gasteiger partial charge in [-0.2, -0.15) is 0 Å². The van der Waals surface area contributed by atoms with Crippen LogP contribution in [-0.4, -0.2) is 17.5 Å². The molecule has 1 aromatic rings. The second kappa shape index (κ2) is 4.32. The Morgan fingerprint density at radius 2 is 2.50 bits per heavy atom. The summed E-state index contributed by atoms with van der Waals surface area (Å²) < 4.78 is 3.13. The topological polar surface area (TPSA) is 49.3 Å². The molecule has 0 saturated carbocycles. The lowest BCUT2D eigenvalue weighted by molar-refractivity contribution is 0.926. The number of fused-ring (bicyclic) bond motifs is 1. The molecule has 0 saturated heterocycles. The summed E-state index contributed by atoms with van der Waals surface area (Å²) in [5.74, 6) is 0.829. The smallest absolute Gasteiger partial charge is 0.206 e. The van der Waals surface area contributed by atoms with Crippen molar-refractivity contribution in [3.8, 4) is 0 Å². The van der Waals surface area contributed by atoms with Gasteiger partial charge < -0.3 is 5.32 Å². The Balaban J connectivity index is 2.13. The quantitative estimate of drug-likeness (QED) is 0.728. The molecule has 0 aliphatic carbocycles. The number of nitrogens with one attached hydrogen (secondary N) is 2. The van der Waals surface area contributed by atoms with Gasteiger partial charge in [-0.15, -0.1) is 0 Å². The molecule has 2 heterocycles. The molecule has 74 valence electrons. The molecule has 1 aliphatic heterocycles. The highest BCUT2D eigenvalue weighted by atomic mass is 32.2. The van der Waals surface area contributed by atoms with Crippen LogP contribution in [0.2, 0.25) is 0 Å². The van der Waals surface area contributed by atoms with Crippen molar-refractivity contribution in [2.75, 3.05) is 11.9 Å². The van der Waals surface area contributed by atoms with Crippen LogP contribution in [0.5, 0.6) is 0 Å². The van der Waals surface area contributed by atoms with Gasteiger partial charge >= 0.3 is 0 Å². The first-order valence-electron chi connectivity index (χ1n) is 4.58. The predicted octanol–water partition coefficient (Wildman–Crippen LogP) is 1.87. The number of guanidine groups is 1. The summed E-state index contributed by atoms with van der Waals surface area (Å²) in [5.41, 5.74) is 1.07. The van der Waals surface area contributed by atoms with Gasteiger partial charge in [-0.25, -0.2) is 0 Å². The van der Waals surface area contributed by atoms with E-state index in [0.29, 0.717) is 0 Å². The largest absolute Gasteiger partial charge is 0.324 e. The van der Waals surface area contributed by atoms with E-state index in [1.165, 1.54) is 0 Å². The first kappa shape index (κ1) is 9.33. The van der Waals surface area contributed by atoms with Crippen molar-refractivity contribution < 1.29 is 0 Å². The molecular formula is C9H12N4S. The van der Waals surface area contributed by atoms with Crippen molar-refractivity contribution in [3.05, 3.63) is 18.5 Å². The van der Waals surface area contributed by atoms with Gasteiger partial charge in [0.05, 0.1) is 10.6 Å². The maximum atomic E-state index is 4.35. The summed E-state index contributed by atoms with van der Waals surface area (Å²) in [4.78, 5) is 9.50. The third-order valence-corrected chi connectivity index (χ3v) is 2.63. The van der Waals surface area contributed by atoms with Crippen molar-refractivity contribution in [2.24, 2.45) is 4.99 Å². The van der Waals surface area contributed by atoms with Crippen LogP contribution < -0.4 is 10.0 Å². The van der Waals surface area contributed by atoms with E-state index in [1.807, 2.05) is 12.3 Å². The minimum atomic E-state index is 0.829. The van der Waals surface area contributed by atoms with E-state index in [1.54, 1.807) is 18.1 Å². The highest BCUT2D eigenvalue weighted by Crippen LogP contribution is 2.26. The molecule has 0 fully saturated rings. The summed E-state index contributed by atoms with van der Waals surface area (Å²) in [6, 6.07) is 1.95. The lowest BCUT2D eigenvalue weighted by Crippen LogP contribution is -2.29. The van der Waals surface area contributed by atoms with E-state index in [0.717, 1.165) is 29.5 Å². The number of rotatable bonds is 2. The molecule has 2 rings (SSSR count). The van der Waals surface area contributed by atoms with Crippen LogP contribution in [0.3, 0.4) is 0 Å². The molecule has 0 atom stereocenters. The van der Waals surface area contributed by atoms with Gasteiger partial charge in [0.25, 0.3) is 0 Å². The predicted molar refractivity (Wildman–Crippen MR) is 59.4 cm³/mol. The average Bonchev–Trinajstić information content (AvgIpc) is 2.26. The van der Waals surface area contributed by atoms with Gasteiger partial charge in [-0.3, -0.25) is 14.7 Å². The van der Waals surface area contributed by atoms with Crippen LogP contribution in [0.15, 0.2) is 28.3 Å². The first-order valence-corrected chi connectivity index (χ1v) is 5.40. The van der Waals surface area contributed by atoms with Gasteiger partial charge in [-0.05, 0) is 24.4 Å². The lowest BCUT2D eigenvalue weighted by Gasteiger charge is -2.19. The molecule has 0 spiro atoms. The van der Waals surface area contributed by atoms with E-state index in [4.69, 9.17) is 0 Å². The first-order chi connectivity index (χ1) is 6.90. The third-order valence-electron chi connectivity index (χ3n) is 1.79. The number of hydrogen-bond acceptors (Lipinski definition) is 3. The van der Waals surface area contributed by atoms with E-state index in [-0.39, 0.29) is 0 Å². The normalized spacial score (nSPS) is 17.1. The van der Waals surface area contributed by atoms with Crippen LogP contribution in [0, 0.1) is 0 Å². The fraction of sp³-hybridized carbons (Fsp3) is 0.333. The zero-order valence-corrected chi connectivity index (χ0v) is 8.77. The third kappa shape index (κ3) is 1.98. The van der Waals surface area contributed by atoms with Crippen molar-refractivity contribution in [1.82, 2.24) is 9.71 Å². The standard InChI is InChI=1S/C9H12N4S/c1-2-4-11-9-12-7-3-5-10-6-8(7)14-13-9/h3,5-6H,2,4H2,1H3,(H2,11,12,13). The summed E-state index contributed by atoms with van der Waals surface area (Å²) in [6.45, 7) is 2.95. The fourth-order valence-electron chi connectivity index (χ4n) is 1.12. The van der Waals surface area contributed by atoms with Crippen molar-refractivity contribution in [3.63, 3.8) is 0 Å². The lowest BCUT2D eigenvalue weighted by atomic mass is 10.4. The zero-order valence-electron chi connectivity index (χ0n) is 7.95. The monoisotopic (exact) mass is 208 g/mol. The number of aromatic nitrogens is 1. The molecule has 0 unspecified atom stereocenters. The second-order valence-corrected chi connectivity index (χ2v) is 3.78. The minimum absolute atomic E-state index is 0.829. The fourth-order valence-corrected chi connectivity index (χ4v) is 1.78. The van der Waals surface area contributed by atoms with Crippen LogP contribution in [0.1, 0.15) is 13.3 Å². The number of pyridine rings is 1. The highest BCUT2D eigenvalue weighted by Gasteiger charge is 2.12. The summed E-state index contributed by atoms with van der Waals surface area (Å²) in [5, 5.41) is 3.21. The zero-order chi connectivity index (χ0) is 9.80. The maximum Gasteiger partial charge on any atom is 0.206 e. The Hall–Kier alpha value is -1.23. The highest BCUT2D eigenvalue weighted by molar-refractivity contribution is 7.98. The maximum absolute atomic E-state index is 4.35. The molecule has 1 aromatic heterocycles. The van der Waals surface area contributed by atoms with Crippen LogP contribution in [0.4, 0.5) is 5.69 Å². The van der Waals surface area contributed by atoms with E-state index < -0.39 is 0 Å². The Morgan fingerprint density at radius 1 is 1.57 bits per heavy atom. The molecule has 1 aliphatic rings. The Morgan fingerprint density at radius 3 is 3.36 bits per heavy atom. The SMILES string of the molecule is CCCN=C1NSc2cnccc2N1. The summed E-state index contributed by atoms with van der Waals surface area (Å²) in [7, 11) is 0. The van der Waals surface area contributed by atoms with Crippen LogP contribution >= 0.6 is 11.9 Å². The van der Waals surface area contributed by atoms with Crippen molar-refractivity contribution >= 4 is 23.6 Å². The van der Waals surface area contributed by atoms with Gasteiger partial charge in [0.15, 0.2) is 0 Å². The molecule has 0 aromatic carbocycles. The Bertz CT molecular complexity index is 350. The molecule has 2 N–H and O–H groups in total. The molecule has 0 bridgehead atoms. The molecule has 5 heteroatoms. The number of nitrogens with zero attached hydrogens (tertiary/aromatic N) is 2. The van der Waals surface area contributed by atoms with Crippen LogP contribution in [0.25, 0.3) is 0 Å². The molecule has 4 nitrogen and oxygen atoms in total. The number of aliphatic imine (C=N–C) groups is 1. The summed E-state index contributed by atoms with van der Waals surface area (Å²) >= 11 is 1.54. The second-order valence-electron chi connectivity index (χ2n) is 2.93. The number of anilines is 1. The molecular weight excluding hydrogens is 196 g/mol. The van der Waals surface area contributed by atoms with E-state index in [9.17, 15) is 0 Å².